The molecule has 5 rings (SSSR count). The molecule has 0 bridgehead atoms. The number of unbranched alkanes of at least 4 members (excludes halogenated alkanes) is 2. The molecule has 2 aromatic carbocycles. The van der Waals surface area contributed by atoms with Crippen molar-refractivity contribution in [2.24, 2.45) is 0 Å². The summed E-state index contributed by atoms with van der Waals surface area (Å²) in [6.45, 7) is 7.37. The van der Waals surface area contributed by atoms with Crippen LogP contribution in [0, 0.1) is 0 Å². The minimum Gasteiger partial charge on any atom is -0.385 e. The van der Waals surface area contributed by atoms with Crippen LogP contribution in [0.4, 0.5) is 11.4 Å². The Labute approximate surface area is 380 Å². The van der Waals surface area contributed by atoms with Crippen molar-refractivity contribution in [3.05, 3.63) is 70.9 Å². The number of fused-ring (bicyclic) bond motifs is 2. The number of ether oxygens (including phenoxy) is 3. The van der Waals surface area contributed by atoms with E-state index in [0.29, 0.717) is 84.3 Å². The minimum atomic E-state index is -4.66. The summed E-state index contributed by atoms with van der Waals surface area (Å²) in [5.74, 6) is -2.42. The van der Waals surface area contributed by atoms with Gasteiger partial charge < -0.3 is 23.9 Å². The summed E-state index contributed by atoms with van der Waals surface area (Å²) < 4.78 is 122. The number of hydroxylamine groups is 2. The maximum Gasteiger partial charge on any atom is 0.333 e. The second kappa shape index (κ2) is 21.1. The number of anilines is 1. The topological polar surface area (TPSA) is 261 Å². The lowest BCUT2D eigenvalue weighted by Gasteiger charge is -2.31. The number of benzene rings is 2. The van der Waals surface area contributed by atoms with E-state index in [0.717, 1.165) is 5.71 Å². The molecule has 1 fully saturated rings. The number of amides is 2. The van der Waals surface area contributed by atoms with Gasteiger partial charge in [-0.15, -0.1) is 5.06 Å². The first-order valence-corrected chi connectivity index (χ1v) is 25.6. The molecule has 2 atom stereocenters. The second-order valence-corrected chi connectivity index (χ2v) is 21.1. The molecule has 2 amide bonds. The van der Waals surface area contributed by atoms with Gasteiger partial charge in [-0.25, -0.2) is 4.79 Å². The van der Waals surface area contributed by atoms with Gasteiger partial charge >= 0.3 is 5.97 Å². The number of nitrogens with zero attached hydrogens (tertiary/aromatic N) is 3. The first-order valence-electron chi connectivity index (χ1n) is 21.1. The Morgan fingerprint density at radius 3 is 2.03 bits per heavy atom. The fraction of sp³-hybridized carbons (Fsp3) is 0.535. The molecule has 22 heteroatoms. The SMILES string of the molecule is COCCOCCN1/C(=C/C(C)=C/C2=[N+](CCCCCC(=O)ON3C(=O)CCC3=O)c3ccc(S(=O)(=O)O)cc3C2(C)CCOC)C(C)(CCCS(=O)(=O)O)c2cc(S(=O)(=O)O)ccc21. The Morgan fingerprint density at radius 2 is 1.42 bits per heavy atom. The third kappa shape index (κ3) is 12.3. The smallest absolute Gasteiger partial charge is 0.333 e. The van der Waals surface area contributed by atoms with Crippen molar-refractivity contribution in [2.45, 2.75) is 99.2 Å². The van der Waals surface area contributed by atoms with Gasteiger partial charge in [-0.3, -0.25) is 23.2 Å². The van der Waals surface area contributed by atoms with Gasteiger partial charge in [0, 0.05) is 87.6 Å². The highest BCUT2D eigenvalue weighted by molar-refractivity contribution is 7.86. The van der Waals surface area contributed by atoms with E-state index in [2.05, 4.69) is 0 Å². The van der Waals surface area contributed by atoms with E-state index in [9.17, 15) is 53.3 Å². The van der Waals surface area contributed by atoms with Crippen molar-refractivity contribution >= 4 is 65.2 Å². The van der Waals surface area contributed by atoms with Crippen molar-refractivity contribution in [3.8, 4) is 0 Å². The van der Waals surface area contributed by atoms with Crippen molar-refractivity contribution in [1.82, 2.24) is 5.06 Å². The molecular weight excluding hydrogens is 911 g/mol. The van der Waals surface area contributed by atoms with Crippen LogP contribution in [0.5, 0.6) is 0 Å². The number of carbonyl (C=O) groups excluding carboxylic acids is 3. The van der Waals surface area contributed by atoms with Gasteiger partial charge in [-0.05, 0) is 100 Å². The minimum absolute atomic E-state index is 0.0129. The van der Waals surface area contributed by atoms with Crippen molar-refractivity contribution in [1.29, 1.82) is 0 Å². The zero-order chi connectivity index (χ0) is 48.0. The van der Waals surface area contributed by atoms with Crippen LogP contribution in [0.1, 0.15) is 89.7 Å². The van der Waals surface area contributed by atoms with Gasteiger partial charge in [-0.1, -0.05) is 0 Å². The molecule has 3 N–H and O–H groups in total. The Bertz CT molecular complexity index is 2580. The Balaban J connectivity index is 1.60. The summed E-state index contributed by atoms with van der Waals surface area (Å²) in [5.41, 5.74) is 2.43. The zero-order valence-corrected chi connectivity index (χ0v) is 39.6. The van der Waals surface area contributed by atoms with Crippen LogP contribution < -0.4 is 4.90 Å². The van der Waals surface area contributed by atoms with E-state index < -0.39 is 64.7 Å². The standard InChI is InChI=1S/C43H57N3O16S3/c1-30(26-37-42(2,17-9-25-63(50,51)52)33-28-31(64(53,54)55)12-14-36(33)45(37)20-22-61-24-23-60-5)27-38-43(3,18-21-59-4)34-29-32(65(56,57)58)11-13-35(34)44(38)19-8-6-7-10-41(49)62-46-39(47)15-16-40(46)48/h11-14,26-29H,6-10,15-25H2,1-5H3,(H2-,50,51,52,53,54,55,56,57,58)/p+1. The van der Waals surface area contributed by atoms with Gasteiger partial charge in [0.25, 0.3) is 42.2 Å². The van der Waals surface area contributed by atoms with Crippen molar-refractivity contribution < 1.29 is 76.9 Å². The third-order valence-electron chi connectivity index (χ3n) is 12.0. The van der Waals surface area contributed by atoms with Crippen LogP contribution >= 0.6 is 0 Å². The molecule has 2 aromatic rings. The molecule has 65 heavy (non-hydrogen) atoms. The van der Waals surface area contributed by atoms with E-state index >= 15 is 0 Å². The number of imide groups is 1. The van der Waals surface area contributed by atoms with Gasteiger partial charge in [0.05, 0.1) is 40.8 Å². The highest BCUT2D eigenvalue weighted by Crippen LogP contribution is 2.52. The number of allylic oxidation sites excluding steroid dienone is 4. The largest absolute Gasteiger partial charge is 0.385 e. The highest BCUT2D eigenvalue weighted by atomic mass is 32.2. The summed E-state index contributed by atoms with van der Waals surface area (Å²) in [6.07, 6.45) is 5.65. The van der Waals surface area contributed by atoms with Crippen LogP contribution in [0.15, 0.2) is 69.6 Å². The average Bonchev–Trinajstić information content (AvgIpc) is 3.74. The maximum atomic E-state index is 12.5. The number of rotatable bonds is 24. The number of methoxy groups -OCH3 is 2. The van der Waals surface area contributed by atoms with E-state index in [1.54, 1.807) is 26.4 Å². The molecule has 0 aromatic heterocycles. The lowest BCUT2D eigenvalue weighted by atomic mass is 9.75. The quantitative estimate of drug-likeness (QED) is 0.0558. The van der Waals surface area contributed by atoms with Crippen LogP contribution in [0.2, 0.25) is 0 Å². The second-order valence-electron chi connectivity index (χ2n) is 16.7. The van der Waals surface area contributed by atoms with Crippen molar-refractivity contribution in [2.75, 3.05) is 64.4 Å². The molecule has 358 valence electrons. The monoisotopic (exact) mass is 968 g/mol. The molecule has 0 radical (unpaired) electrons. The highest BCUT2D eigenvalue weighted by Gasteiger charge is 2.49. The van der Waals surface area contributed by atoms with E-state index in [1.165, 1.54) is 24.3 Å². The predicted octanol–water partition coefficient (Wildman–Crippen LogP) is 4.68. The van der Waals surface area contributed by atoms with Gasteiger partial charge in [0.1, 0.15) is 6.54 Å². The average molecular weight is 969 g/mol. The summed E-state index contributed by atoms with van der Waals surface area (Å²) in [6, 6.07) is 8.59. The Kier molecular flexibility index (Phi) is 16.7. The fourth-order valence-electron chi connectivity index (χ4n) is 8.63. The Hall–Kier alpha value is -4.39. The zero-order valence-electron chi connectivity index (χ0n) is 37.1. The predicted molar refractivity (Wildman–Crippen MR) is 237 cm³/mol. The molecule has 0 aliphatic carbocycles. The van der Waals surface area contributed by atoms with Gasteiger partial charge in [0.2, 0.25) is 5.69 Å². The van der Waals surface area contributed by atoms with Crippen molar-refractivity contribution in [3.63, 3.8) is 0 Å². The molecule has 3 aliphatic rings. The fourth-order valence-corrected chi connectivity index (χ4v) is 10.2. The first kappa shape index (κ1) is 51.6. The van der Waals surface area contributed by atoms with Crippen LogP contribution in [-0.2, 0) is 74.6 Å². The normalized spacial score (nSPS) is 20.9. The molecule has 19 nitrogen and oxygen atoms in total. The third-order valence-corrected chi connectivity index (χ3v) is 14.5. The van der Waals surface area contributed by atoms with E-state index in [1.807, 2.05) is 42.4 Å². The Morgan fingerprint density at radius 1 is 0.785 bits per heavy atom. The van der Waals surface area contributed by atoms with Crippen LogP contribution in [0.25, 0.3) is 0 Å². The molecule has 0 spiro atoms. The summed E-state index contributed by atoms with van der Waals surface area (Å²) in [7, 11) is -10.5. The number of hydrogen-bond donors (Lipinski definition) is 3. The molecule has 2 unspecified atom stereocenters. The summed E-state index contributed by atoms with van der Waals surface area (Å²) in [5, 5.41) is 0.510. The van der Waals surface area contributed by atoms with Crippen LogP contribution in [0.3, 0.4) is 0 Å². The van der Waals surface area contributed by atoms with Gasteiger partial charge in [-0.2, -0.15) is 29.8 Å². The number of carbonyl (C=O) groups is 3. The lowest BCUT2D eigenvalue weighted by Crippen LogP contribution is -2.33. The van der Waals surface area contributed by atoms with Crippen LogP contribution in [-0.4, -0.2) is 132 Å². The molecule has 0 saturated carbocycles. The first-order chi connectivity index (χ1) is 30.4. The molecule has 3 aliphatic heterocycles. The molecule has 3 heterocycles. The summed E-state index contributed by atoms with van der Waals surface area (Å²) in [4.78, 5) is 42.7. The van der Waals surface area contributed by atoms with Gasteiger partial charge in [0.15, 0.2) is 5.71 Å². The van der Waals surface area contributed by atoms with E-state index in [-0.39, 0.29) is 61.7 Å². The maximum absolute atomic E-state index is 12.5. The van der Waals surface area contributed by atoms with E-state index in [4.69, 9.17) is 19.0 Å². The number of hydrogen-bond acceptors (Lipinski definition) is 14. The molecule has 1 saturated heterocycles. The summed E-state index contributed by atoms with van der Waals surface area (Å²) >= 11 is 0. The lowest BCUT2D eigenvalue weighted by molar-refractivity contribution is -0.438. The molecular formula is C43H58N3O16S3+.